The van der Waals surface area contributed by atoms with E-state index < -0.39 is 0 Å². The van der Waals surface area contributed by atoms with Crippen LogP contribution in [0.3, 0.4) is 0 Å². The van der Waals surface area contributed by atoms with Gasteiger partial charge in [-0.3, -0.25) is 14.5 Å². The number of nitrogens with zero attached hydrogens (tertiary/aromatic N) is 3. The van der Waals surface area contributed by atoms with Crippen molar-refractivity contribution in [1.82, 2.24) is 14.7 Å². The summed E-state index contributed by atoms with van der Waals surface area (Å²) in [5.74, 6) is 1.60. The summed E-state index contributed by atoms with van der Waals surface area (Å²) in [5.41, 5.74) is 0. The summed E-state index contributed by atoms with van der Waals surface area (Å²) in [6.07, 6.45) is 6.35. The minimum Gasteiger partial charge on any atom is -0.341 e. The Morgan fingerprint density at radius 2 is 1.92 bits per heavy atom. The van der Waals surface area contributed by atoms with Crippen molar-refractivity contribution in [2.45, 2.75) is 64.8 Å². The number of rotatable bonds is 9. The molecule has 0 aromatic heterocycles. The number of Topliss-reactive ketones (excluding diaryl/α,β-unsaturated/α-hetero) is 1. The highest BCUT2D eigenvalue weighted by Crippen LogP contribution is 2.37. The van der Waals surface area contributed by atoms with E-state index in [0.717, 1.165) is 71.2 Å². The van der Waals surface area contributed by atoms with Crippen molar-refractivity contribution in [3.05, 3.63) is 0 Å². The third kappa shape index (κ3) is 6.05. The van der Waals surface area contributed by atoms with Gasteiger partial charge in [0, 0.05) is 51.5 Å². The number of carbonyl (C=O) groups excluding carboxylic acids is 2. The van der Waals surface area contributed by atoms with Crippen LogP contribution in [0.2, 0.25) is 0 Å². The maximum Gasteiger partial charge on any atom is 0.222 e. The normalized spacial score (nSPS) is 26.8. The molecule has 2 rings (SSSR count). The minimum atomic E-state index is 0.302. The zero-order valence-corrected chi connectivity index (χ0v) is 17.4. The predicted molar refractivity (Wildman–Crippen MR) is 106 cm³/mol. The lowest BCUT2D eigenvalue weighted by atomic mass is 9.73. The Bertz CT molecular complexity index is 466. The second-order valence-electron chi connectivity index (χ2n) is 8.59. The molecule has 0 N–H and O–H groups in total. The number of likely N-dealkylation sites (N-methyl/N-ethyl adjacent to an activating group) is 1. The average Bonchev–Trinajstić information content (AvgIpc) is 2.58. The molecule has 1 aliphatic heterocycles. The Balaban J connectivity index is 1.97. The first-order valence-electron chi connectivity index (χ1n) is 10.6. The highest BCUT2D eigenvalue weighted by molar-refractivity contribution is 5.79. The number of hydrogen-bond donors (Lipinski definition) is 0. The fourth-order valence-corrected chi connectivity index (χ4v) is 4.79. The van der Waals surface area contributed by atoms with E-state index in [0.29, 0.717) is 36.0 Å². The second kappa shape index (κ2) is 10.4. The van der Waals surface area contributed by atoms with Crippen LogP contribution in [0.25, 0.3) is 0 Å². The highest BCUT2D eigenvalue weighted by Gasteiger charge is 2.39. The molecule has 5 nitrogen and oxygen atoms in total. The topological polar surface area (TPSA) is 43.9 Å². The van der Waals surface area contributed by atoms with Crippen LogP contribution in [0.15, 0.2) is 0 Å². The molecule has 0 spiro atoms. The molecule has 1 saturated carbocycles. The molecule has 0 aromatic carbocycles. The second-order valence-corrected chi connectivity index (χ2v) is 8.59. The van der Waals surface area contributed by atoms with Crippen LogP contribution in [-0.2, 0) is 9.59 Å². The van der Waals surface area contributed by atoms with Gasteiger partial charge in [0.05, 0.1) is 0 Å². The van der Waals surface area contributed by atoms with E-state index in [9.17, 15) is 9.59 Å². The van der Waals surface area contributed by atoms with E-state index in [2.05, 4.69) is 37.7 Å². The molecular formula is C21H39N3O2. The molecule has 2 fully saturated rings. The number of fused-ring (bicyclic) bond motifs is 1. The zero-order chi connectivity index (χ0) is 19.1. The molecule has 1 heterocycles. The molecule has 0 aromatic rings. The zero-order valence-electron chi connectivity index (χ0n) is 17.4. The molecule has 3 atom stereocenters. The van der Waals surface area contributed by atoms with Crippen molar-refractivity contribution in [3.8, 4) is 0 Å². The van der Waals surface area contributed by atoms with Gasteiger partial charge >= 0.3 is 0 Å². The quantitative estimate of drug-likeness (QED) is 0.630. The van der Waals surface area contributed by atoms with Crippen molar-refractivity contribution >= 4 is 11.7 Å². The van der Waals surface area contributed by atoms with Crippen molar-refractivity contribution in [1.29, 1.82) is 0 Å². The van der Waals surface area contributed by atoms with Gasteiger partial charge in [0.1, 0.15) is 5.78 Å². The molecular weight excluding hydrogens is 326 g/mol. The lowest BCUT2D eigenvalue weighted by Gasteiger charge is -2.47. The number of amides is 1. The van der Waals surface area contributed by atoms with Gasteiger partial charge in [-0.2, -0.15) is 0 Å². The maximum absolute atomic E-state index is 12.9. The van der Waals surface area contributed by atoms with Crippen LogP contribution in [0.4, 0.5) is 0 Å². The van der Waals surface area contributed by atoms with E-state index in [1.165, 1.54) is 0 Å². The molecule has 0 bridgehead atoms. The summed E-state index contributed by atoms with van der Waals surface area (Å²) in [4.78, 5) is 31.6. The number of ketones is 1. The smallest absolute Gasteiger partial charge is 0.222 e. The van der Waals surface area contributed by atoms with Crippen LogP contribution >= 0.6 is 0 Å². The molecule has 1 aliphatic carbocycles. The molecule has 5 heteroatoms. The van der Waals surface area contributed by atoms with Gasteiger partial charge in [0.2, 0.25) is 5.91 Å². The third-order valence-corrected chi connectivity index (χ3v) is 5.99. The van der Waals surface area contributed by atoms with Crippen LogP contribution in [0.1, 0.15) is 58.8 Å². The predicted octanol–water partition coefficient (Wildman–Crippen LogP) is 2.65. The minimum absolute atomic E-state index is 0.302. The Hall–Kier alpha value is -0.940. The molecule has 0 unspecified atom stereocenters. The largest absolute Gasteiger partial charge is 0.341 e. The summed E-state index contributed by atoms with van der Waals surface area (Å²) in [6.45, 7) is 9.07. The molecule has 0 radical (unpaired) electrons. The summed E-state index contributed by atoms with van der Waals surface area (Å²) in [6, 6.07) is 0.569. The van der Waals surface area contributed by atoms with E-state index in [1.54, 1.807) is 0 Å². The Morgan fingerprint density at radius 1 is 1.15 bits per heavy atom. The summed E-state index contributed by atoms with van der Waals surface area (Å²) < 4.78 is 0. The fourth-order valence-electron chi connectivity index (χ4n) is 4.79. The number of carbonyl (C=O) groups is 2. The number of piperidine rings is 1. The Kier molecular flexibility index (Phi) is 8.55. The van der Waals surface area contributed by atoms with E-state index in [1.807, 2.05) is 4.90 Å². The SMILES string of the molecule is CCCN(CCN(C)C)C(=O)C[C@H]1C[C@@H]2CC(=O)CC[C@H]2N(CCC)C1. The number of likely N-dealkylation sites (tertiary alicyclic amines) is 1. The fraction of sp³-hybridized carbons (Fsp3) is 0.905. The van der Waals surface area contributed by atoms with Gasteiger partial charge < -0.3 is 9.80 Å². The highest BCUT2D eigenvalue weighted by atomic mass is 16.2. The van der Waals surface area contributed by atoms with Crippen molar-refractivity contribution in [3.63, 3.8) is 0 Å². The summed E-state index contributed by atoms with van der Waals surface area (Å²) in [7, 11) is 4.11. The molecule has 150 valence electrons. The van der Waals surface area contributed by atoms with Crippen LogP contribution < -0.4 is 0 Å². The maximum atomic E-state index is 12.9. The van der Waals surface area contributed by atoms with Gasteiger partial charge in [0.15, 0.2) is 0 Å². The first kappa shape index (κ1) is 21.4. The molecule has 26 heavy (non-hydrogen) atoms. The van der Waals surface area contributed by atoms with E-state index in [4.69, 9.17) is 0 Å². The van der Waals surface area contributed by atoms with Gasteiger partial charge in [-0.1, -0.05) is 13.8 Å². The first-order chi connectivity index (χ1) is 12.4. The summed E-state index contributed by atoms with van der Waals surface area (Å²) >= 11 is 0. The van der Waals surface area contributed by atoms with E-state index in [-0.39, 0.29) is 0 Å². The number of hydrogen-bond acceptors (Lipinski definition) is 4. The van der Waals surface area contributed by atoms with Crippen molar-refractivity contribution < 1.29 is 9.59 Å². The van der Waals surface area contributed by atoms with Gasteiger partial charge in [-0.25, -0.2) is 0 Å². The standard InChI is InChI=1S/C21H39N3O2/c1-5-9-23(12-11-22(3)4)21(26)14-17-13-18-15-19(25)7-8-20(18)24(16-17)10-6-2/h17-18,20H,5-16H2,1-4H3/t17-,18-,20-/m1/s1. The average molecular weight is 366 g/mol. The van der Waals surface area contributed by atoms with Crippen LogP contribution in [0.5, 0.6) is 0 Å². The molecule has 1 amide bonds. The lowest BCUT2D eigenvalue weighted by Crippen LogP contribution is -2.52. The van der Waals surface area contributed by atoms with E-state index >= 15 is 0 Å². The molecule has 1 saturated heterocycles. The lowest BCUT2D eigenvalue weighted by molar-refractivity contribution is -0.133. The van der Waals surface area contributed by atoms with Gasteiger partial charge in [-0.15, -0.1) is 0 Å². The first-order valence-corrected chi connectivity index (χ1v) is 10.6. The van der Waals surface area contributed by atoms with Gasteiger partial charge in [0.25, 0.3) is 0 Å². The Labute approximate surface area is 160 Å². The van der Waals surface area contributed by atoms with Crippen molar-refractivity contribution in [2.75, 3.05) is 46.8 Å². The Morgan fingerprint density at radius 3 is 2.58 bits per heavy atom. The third-order valence-electron chi connectivity index (χ3n) is 5.99. The van der Waals surface area contributed by atoms with Crippen LogP contribution in [0, 0.1) is 11.8 Å². The van der Waals surface area contributed by atoms with Crippen molar-refractivity contribution in [2.24, 2.45) is 11.8 Å². The van der Waals surface area contributed by atoms with Crippen LogP contribution in [-0.4, -0.2) is 79.3 Å². The molecule has 2 aliphatic rings. The van der Waals surface area contributed by atoms with Gasteiger partial charge in [-0.05, 0) is 58.2 Å². The monoisotopic (exact) mass is 365 g/mol. The summed E-state index contributed by atoms with van der Waals surface area (Å²) in [5, 5.41) is 0.